The zero-order chi connectivity index (χ0) is 8.43. The van der Waals surface area contributed by atoms with Crippen LogP contribution in [-0.2, 0) is 9.59 Å². The van der Waals surface area contributed by atoms with E-state index in [2.05, 4.69) is 9.98 Å². The highest BCUT2D eigenvalue weighted by atomic mass is 16.2. The van der Waals surface area contributed by atoms with Gasteiger partial charge in [0.1, 0.15) is 17.4 Å². The van der Waals surface area contributed by atoms with Gasteiger partial charge < -0.3 is 0 Å². The Morgan fingerprint density at radius 2 is 1.91 bits per heavy atom. The van der Waals surface area contributed by atoms with Crippen LogP contribution in [0.25, 0.3) is 0 Å². The van der Waals surface area contributed by atoms with Crippen LogP contribution in [0.5, 0.6) is 0 Å². The molecule has 0 fully saturated rings. The van der Waals surface area contributed by atoms with E-state index >= 15 is 0 Å². The van der Waals surface area contributed by atoms with E-state index in [1.54, 1.807) is 13.8 Å². The van der Waals surface area contributed by atoms with E-state index in [0.29, 0.717) is 11.5 Å². The summed E-state index contributed by atoms with van der Waals surface area (Å²) in [7, 11) is 0. The summed E-state index contributed by atoms with van der Waals surface area (Å²) in [6, 6.07) is 0. The monoisotopic (exact) mass is 150 g/mol. The second-order valence-corrected chi connectivity index (χ2v) is 2.14. The largest absolute Gasteiger partial charge is 0.291 e. The number of hydrogen-bond acceptors (Lipinski definition) is 3. The van der Waals surface area contributed by atoms with Gasteiger partial charge in [-0.1, -0.05) is 0 Å². The molecule has 0 aromatic rings. The van der Waals surface area contributed by atoms with E-state index in [9.17, 15) is 9.59 Å². The molecule has 4 nitrogen and oxygen atoms in total. The normalized spacial score (nSPS) is 17.3. The predicted octanol–water partition coefficient (Wildman–Crippen LogP) is 0.164. The second kappa shape index (κ2) is 2.60. The van der Waals surface area contributed by atoms with E-state index < -0.39 is 5.91 Å². The Bertz CT molecular complexity index is 319. The van der Waals surface area contributed by atoms with Crippen LogP contribution in [0, 0.1) is 0 Å². The summed E-state index contributed by atoms with van der Waals surface area (Å²) >= 11 is 0. The Hall–Kier alpha value is -1.54. The molecule has 1 aliphatic rings. The minimum atomic E-state index is -0.551. The first kappa shape index (κ1) is 7.57. The standard InChI is InChI=1S/C7H6N2O2/c1-4-6(3-10)7(11)9-5(2)8-4/h1-2H3. The average molecular weight is 150 g/mol. The van der Waals surface area contributed by atoms with Gasteiger partial charge in [0.05, 0.1) is 5.71 Å². The molecule has 0 aliphatic carbocycles. The number of carbonyl (C=O) groups excluding carboxylic acids is 2. The van der Waals surface area contributed by atoms with Crippen molar-refractivity contribution in [1.82, 2.24) is 0 Å². The molecule has 0 aromatic carbocycles. The van der Waals surface area contributed by atoms with Crippen LogP contribution >= 0.6 is 0 Å². The van der Waals surface area contributed by atoms with Gasteiger partial charge in [0, 0.05) is 0 Å². The molecule has 0 aromatic heterocycles. The Labute approximate surface area is 63.3 Å². The van der Waals surface area contributed by atoms with Crippen LogP contribution in [0.4, 0.5) is 0 Å². The van der Waals surface area contributed by atoms with Crippen LogP contribution in [0.1, 0.15) is 13.8 Å². The minimum absolute atomic E-state index is 0.0735. The lowest BCUT2D eigenvalue weighted by molar-refractivity contribution is -0.113. The molecular formula is C7H6N2O2. The zero-order valence-corrected chi connectivity index (χ0v) is 6.21. The zero-order valence-electron chi connectivity index (χ0n) is 6.21. The van der Waals surface area contributed by atoms with Gasteiger partial charge in [-0.05, 0) is 13.8 Å². The highest BCUT2D eigenvalue weighted by Crippen LogP contribution is 2.04. The quantitative estimate of drug-likeness (QED) is 0.365. The molecule has 0 saturated carbocycles. The maximum Gasteiger partial charge on any atom is 0.291 e. The second-order valence-electron chi connectivity index (χ2n) is 2.14. The summed E-state index contributed by atoms with van der Waals surface area (Å²) in [6.07, 6.45) is 0. The van der Waals surface area contributed by atoms with Crippen LogP contribution < -0.4 is 0 Å². The lowest BCUT2D eigenvalue weighted by Crippen LogP contribution is -2.16. The number of hydrogen-bond donors (Lipinski definition) is 0. The number of aliphatic imine (C=N–C) groups is 2. The molecule has 1 rings (SSSR count). The smallest absolute Gasteiger partial charge is 0.266 e. The molecule has 0 N–H and O–H groups in total. The molecule has 0 atom stereocenters. The Morgan fingerprint density at radius 1 is 1.27 bits per heavy atom. The molecule has 11 heavy (non-hydrogen) atoms. The fourth-order valence-electron chi connectivity index (χ4n) is 0.799. The summed E-state index contributed by atoms with van der Waals surface area (Å²) < 4.78 is 0. The maximum absolute atomic E-state index is 10.9. The lowest BCUT2D eigenvalue weighted by Gasteiger charge is -2.03. The van der Waals surface area contributed by atoms with Crippen molar-refractivity contribution in [3.05, 3.63) is 5.57 Å². The lowest BCUT2D eigenvalue weighted by atomic mass is 10.2. The molecule has 1 aliphatic heterocycles. The molecule has 1 amide bonds. The van der Waals surface area contributed by atoms with Gasteiger partial charge in [-0.25, -0.2) is 9.79 Å². The fraction of sp³-hybridized carbons (Fsp3) is 0.286. The van der Waals surface area contributed by atoms with Crippen molar-refractivity contribution >= 4 is 23.4 Å². The van der Waals surface area contributed by atoms with Crippen molar-refractivity contribution in [2.24, 2.45) is 9.98 Å². The predicted molar refractivity (Wildman–Crippen MR) is 40.4 cm³/mol. The van der Waals surface area contributed by atoms with Crippen LogP contribution in [-0.4, -0.2) is 23.4 Å². The average Bonchev–Trinajstić information content (AvgIpc) is 1.85. The van der Waals surface area contributed by atoms with Crippen LogP contribution in [0.2, 0.25) is 0 Å². The van der Waals surface area contributed by atoms with Crippen molar-refractivity contribution in [2.75, 3.05) is 0 Å². The van der Waals surface area contributed by atoms with Crippen molar-refractivity contribution < 1.29 is 9.59 Å². The summed E-state index contributed by atoms with van der Waals surface area (Å²) in [5, 5.41) is 0. The third-order valence-electron chi connectivity index (χ3n) is 1.27. The first-order chi connectivity index (χ1) is 5.15. The van der Waals surface area contributed by atoms with Crippen molar-refractivity contribution in [3.63, 3.8) is 0 Å². The minimum Gasteiger partial charge on any atom is -0.266 e. The number of amides is 1. The first-order valence-electron chi connectivity index (χ1n) is 3.05. The van der Waals surface area contributed by atoms with Crippen LogP contribution in [0.15, 0.2) is 15.6 Å². The SMILES string of the molecule is CC1=NC(=O)C(=C=O)C(C)=N1. The molecule has 0 saturated heterocycles. The number of carbonyl (C=O) groups is 1. The molecular weight excluding hydrogens is 144 g/mol. The molecule has 0 bridgehead atoms. The Morgan fingerprint density at radius 3 is 2.36 bits per heavy atom. The number of nitrogens with zero attached hydrogens (tertiary/aromatic N) is 2. The van der Waals surface area contributed by atoms with Gasteiger partial charge in [-0.3, -0.25) is 4.79 Å². The van der Waals surface area contributed by atoms with E-state index in [1.165, 1.54) is 5.94 Å². The molecule has 0 spiro atoms. The highest BCUT2D eigenvalue weighted by molar-refractivity contribution is 6.32. The van der Waals surface area contributed by atoms with Gasteiger partial charge in [-0.15, -0.1) is 0 Å². The Balaban J connectivity index is 3.21. The molecule has 1 heterocycles. The van der Waals surface area contributed by atoms with Gasteiger partial charge in [0.2, 0.25) is 0 Å². The van der Waals surface area contributed by atoms with E-state index in [1.807, 2.05) is 0 Å². The summed E-state index contributed by atoms with van der Waals surface area (Å²) in [4.78, 5) is 28.3. The molecule has 56 valence electrons. The summed E-state index contributed by atoms with van der Waals surface area (Å²) in [6.45, 7) is 3.18. The highest BCUT2D eigenvalue weighted by Gasteiger charge is 2.17. The van der Waals surface area contributed by atoms with Crippen LogP contribution in [0.3, 0.4) is 0 Å². The fourth-order valence-corrected chi connectivity index (χ4v) is 0.799. The van der Waals surface area contributed by atoms with Gasteiger partial charge >= 0.3 is 0 Å². The van der Waals surface area contributed by atoms with E-state index in [4.69, 9.17) is 0 Å². The third kappa shape index (κ3) is 1.30. The summed E-state index contributed by atoms with van der Waals surface area (Å²) in [5.74, 6) is 1.33. The van der Waals surface area contributed by atoms with Crippen molar-refractivity contribution in [3.8, 4) is 0 Å². The molecule has 0 unspecified atom stereocenters. The van der Waals surface area contributed by atoms with Gasteiger partial charge in [-0.2, -0.15) is 4.99 Å². The van der Waals surface area contributed by atoms with Crippen molar-refractivity contribution in [1.29, 1.82) is 0 Å². The van der Waals surface area contributed by atoms with E-state index in [-0.39, 0.29) is 5.57 Å². The van der Waals surface area contributed by atoms with Crippen molar-refractivity contribution in [2.45, 2.75) is 13.8 Å². The number of amidine groups is 1. The molecule has 0 radical (unpaired) electrons. The topological polar surface area (TPSA) is 58.9 Å². The molecule has 4 heteroatoms. The van der Waals surface area contributed by atoms with E-state index in [0.717, 1.165) is 0 Å². The summed E-state index contributed by atoms with van der Waals surface area (Å²) in [5.41, 5.74) is 0.313. The maximum atomic E-state index is 10.9. The number of rotatable bonds is 0. The Kier molecular flexibility index (Phi) is 1.79. The first-order valence-corrected chi connectivity index (χ1v) is 3.05. The third-order valence-corrected chi connectivity index (χ3v) is 1.27. The van der Waals surface area contributed by atoms with Gasteiger partial charge in [0.25, 0.3) is 5.91 Å². The van der Waals surface area contributed by atoms with Gasteiger partial charge in [0.15, 0.2) is 0 Å².